The molecule has 0 unspecified atom stereocenters. The number of nitrogens with one attached hydrogen (secondary N) is 1. The van der Waals surface area contributed by atoms with Gasteiger partial charge in [0.15, 0.2) is 0 Å². The summed E-state index contributed by atoms with van der Waals surface area (Å²) in [4.78, 5) is 0. The van der Waals surface area contributed by atoms with E-state index in [9.17, 15) is 8.42 Å². The van der Waals surface area contributed by atoms with Gasteiger partial charge in [0.25, 0.3) is 0 Å². The Morgan fingerprint density at radius 2 is 2.05 bits per heavy atom. The first-order valence-electron chi connectivity index (χ1n) is 6.34. The molecule has 0 saturated heterocycles. The van der Waals surface area contributed by atoms with E-state index in [1.807, 2.05) is 13.8 Å². The van der Waals surface area contributed by atoms with Crippen molar-refractivity contribution in [3.63, 3.8) is 0 Å². The topological polar surface area (TPSA) is 55.4 Å². The number of hydrogen-bond donors (Lipinski definition) is 1. The molecular formula is C13H20ClNO3S. The van der Waals surface area contributed by atoms with Gasteiger partial charge in [0.2, 0.25) is 10.0 Å². The van der Waals surface area contributed by atoms with E-state index in [0.717, 1.165) is 12.0 Å². The lowest BCUT2D eigenvalue weighted by Crippen LogP contribution is -2.16. The third kappa shape index (κ3) is 5.28. The first-order chi connectivity index (χ1) is 9.02. The molecule has 1 rings (SSSR count). The van der Waals surface area contributed by atoms with Gasteiger partial charge < -0.3 is 4.74 Å². The number of benzene rings is 1. The van der Waals surface area contributed by atoms with Gasteiger partial charge in [0, 0.05) is 11.3 Å². The fourth-order valence-electron chi connectivity index (χ4n) is 1.61. The van der Waals surface area contributed by atoms with E-state index < -0.39 is 10.0 Å². The van der Waals surface area contributed by atoms with Gasteiger partial charge in [-0.2, -0.15) is 0 Å². The van der Waals surface area contributed by atoms with Crippen molar-refractivity contribution < 1.29 is 13.2 Å². The molecule has 0 heterocycles. The summed E-state index contributed by atoms with van der Waals surface area (Å²) in [7, 11) is -3.28. The second-order valence-corrected chi connectivity index (χ2v) is 6.27. The number of sulfonamides is 1. The van der Waals surface area contributed by atoms with E-state index in [2.05, 4.69) is 4.72 Å². The van der Waals surface area contributed by atoms with Gasteiger partial charge in [0.1, 0.15) is 5.75 Å². The zero-order valence-electron chi connectivity index (χ0n) is 11.3. The molecule has 0 bridgehead atoms. The lowest BCUT2D eigenvalue weighted by molar-refractivity contribution is 0.337. The van der Waals surface area contributed by atoms with E-state index in [-0.39, 0.29) is 11.6 Å². The second kappa shape index (κ2) is 7.60. The van der Waals surface area contributed by atoms with Gasteiger partial charge in [-0.25, -0.2) is 8.42 Å². The first-order valence-corrected chi connectivity index (χ1v) is 8.53. The van der Waals surface area contributed by atoms with Crippen molar-refractivity contribution >= 4 is 27.3 Å². The highest BCUT2D eigenvalue weighted by Crippen LogP contribution is 2.25. The van der Waals surface area contributed by atoms with E-state index in [1.54, 1.807) is 18.2 Å². The molecule has 0 spiro atoms. The zero-order valence-corrected chi connectivity index (χ0v) is 12.9. The van der Waals surface area contributed by atoms with Crippen LogP contribution in [0.5, 0.6) is 5.75 Å². The summed E-state index contributed by atoms with van der Waals surface area (Å²) < 4.78 is 31.6. The molecule has 19 heavy (non-hydrogen) atoms. The Bertz CT molecular complexity index is 503. The Kier molecular flexibility index (Phi) is 6.45. The lowest BCUT2D eigenvalue weighted by atomic mass is 10.2. The highest BCUT2D eigenvalue weighted by atomic mass is 35.5. The molecule has 1 aromatic rings. The SMILES string of the molecule is CCCCS(=O)(=O)Nc1ccc(OCC)c(CCl)c1. The van der Waals surface area contributed by atoms with Crippen LogP contribution in [-0.2, 0) is 15.9 Å². The minimum Gasteiger partial charge on any atom is -0.494 e. The molecule has 0 fully saturated rings. The summed E-state index contributed by atoms with van der Waals surface area (Å²) in [6.07, 6.45) is 1.49. The maximum absolute atomic E-state index is 11.8. The number of alkyl halides is 1. The summed E-state index contributed by atoms with van der Waals surface area (Å²) >= 11 is 5.84. The summed E-state index contributed by atoms with van der Waals surface area (Å²) in [6, 6.07) is 5.13. The van der Waals surface area contributed by atoms with Crippen molar-refractivity contribution in [1.82, 2.24) is 0 Å². The van der Waals surface area contributed by atoms with Crippen LogP contribution in [0.15, 0.2) is 18.2 Å². The minimum atomic E-state index is -3.28. The Hall–Kier alpha value is -0.940. The molecule has 0 amide bonds. The van der Waals surface area contributed by atoms with Crippen molar-refractivity contribution in [3.05, 3.63) is 23.8 Å². The summed E-state index contributed by atoms with van der Waals surface area (Å²) in [5, 5.41) is 0. The molecule has 1 aromatic carbocycles. The standard InChI is InChI=1S/C13H20ClNO3S/c1-3-5-8-19(16,17)15-12-6-7-13(18-4-2)11(9-12)10-14/h6-7,9,15H,3-5,8,10H2,1-2H3. The van der Waals surface area contributed by atoms with Crippen LogP contribution in [0.4, 0.5) is 5.69 Å². The van der Waals surface area contributed by atoms with Crippen LogP contribution >= 0.6 is 11.6 Å². The number of ether oxygens (including phenoxy) is 1. The Balaban J connectivity index is 2.85. The molecule has 0 atom stereocenters. The van der Waals surface area contributed by atoms with Gasteiger partial charge in [0.05, 0.1) is 18.2 Å². The third-order valence-corrected chi connectivity index (χ3v) is 4.21. The largest absolute Gasteiger partial charge is 0.494 e. The summed E-state index contributed by atoms with van der Waals surface area (Å²) in [5.41, 5.74) is 1.30. The van der Waals surface area contributed by atoms with Gasteiger partial charge >= 0.3 is 0 Å². The van der Waals surface area contributed by atoms with Gasteiger partial charge in [-0.15, -0.1) is 11.6 Å². The van der Waals surface area contributed by atoms with Crippen LogP contribution in [-0.4, -0.2) is 20.8 Å². The molecule has 0 aromatic heterocycles. The molecule has 0 aliphatic carbocycles. The Morgan fingerprint density at radius 3 is 2.63 bits per heavy atom. The smallest absolute Gasteiger partial charge is 0.232 e. The quantitative estimate of drug-likeness (QED) is 0.749. The van der Waals surface area contributed by atoms with Crippen molar-refractivity contribution in [2.75, 3.05) is 17.1 Å². The lowest BCUT2D eigenvalue weighted by Gasteiger charge is -2.12. The van der Waals surface area contributed by atoms with Crippen LogP contribution in [0, 0.1) is 0 Å². The zero-order chi connectivity index (χ0) is 14.3. The highest BCUT2D eigenvalue weighted by molar-refractivity contribution is 7.92. The third-order valence-electron chi connectivity index (χ3n) is 2.54. The molecule has 0 aliphatic heterocycles. The van der Waals surface area contributed by atoms with Gasteiger partial charge in [-0.3, -0.25) is 4.72 Å². The fraction of sp³-hybridized carbons (Fsp3) is 0.538. The normalized spacial score (nSPS) is 11.3. The molecule has 0 aliphatic rings. The minimum absolute atomic E-state index is 0.132. The molecular weight excluding hydrogens is 286 g/mol. The van der Waals surface area contributed by atoms with Crippen LogP contribution in [0.3, 0.4) is 0 Å². The fourth-order valence-corrected chi connectivity index (χ4v) is 3.07. The van der Waals surface area contributed by atoms with Gasteiger partial charge in [-0.05, 0) is 31.5 Å². The molecule has 0 radical (unpaired) electrons. The molecule has 1 N–H and O–H groups in total. The maximum Gasteiger partial charge on any atom is 0.232 e. The number of unbranched alkanes of at least 4 members (excludes halogenated alkanes) is 1. The Labute approximate surface area is 120 Å². The number of hydrogen-bond acceptors (Lipinski definition) is 3. The molecule has 0 saturated carbocycles. The van der Waals surface area contributed by atoms with E-state index in [1.165, 1.54) is 0 Å². The molecule has 108 valence electrons. The van der Waals surface area contributed by atoms with Crippen LogP contribution < -0.4 is 9.46 Å². The van der Waals surface area contributed by atoms with E-state index in [4.69, 9.17) is 16.3 Å². The average Bonchev–Trinajstić information content (AvgIpc) is 2.38. The Morgan fingerprint density at radius 1 is 1.32 bits per heavy atom. The number of halogens is 1. The summed E-state index contributed by atoms with van der Waals surface area (Å²) in [5.74, 6) is 1.10. The number of anilines is 1. The predicted molar refractivity (Wildman–Crippen MR) is 79.5 cm³/mol. The first kappa shape index (κ1) is 16.1. The number of rotatable bonds is 8. The highest BCUT2D eigenvalue weighted by Gasteiger charge is 2.11. The van der Waals surface area contributed by atoms with Crippen LogP contribution in [0.2, 0.25) is 0 Å². The predicted octanol–water partition coefficient (Wildman–Crippen LogP) is 3.37. The van der Waals surface area contributed by atoms with Crippen molar-refractivity contribution in [2.24, 2.45) is 0 Å². The summed E-state index contributed by atoms with van der Waals surface area (Å²) in [6.45, 7) is 4.39. The monoisotopic (exact) mass is 305 g/mol. The van der Waals surface area contributed by atoms with Crippen LogP contribution in [0.25, 0.3) is 0 Å². The van der Waals surface area contributed by atoms with Crippen molar-refractivity contribution in [1.29, 1.82) is 0 Å². The maximum atomic E-state index is 11.8. The van der Waals surface area contributed by atoms with Crippen LogP contribution in [0.1, 0.15) is 32.3 Å². The molecule has 4 nitrogen and oxygen atoms in total. The molecule has 6 heteroatoms. The van der Waals surface area contributed by atoms with E-state index >= 15 is 0 Å². The van der Waals surface area contributed by atoms with Crippen molar-refractivity contribution in [3.8, 4) is 5.75 Å². The van der Waals surface area contributed by atoms with Crippen molar-refractivity contribution in [2.45, 2.75) is 32.6 Å². The van der Waals surface area contributed by atoms with Gasteiger partial charge in [-0.1, -0.05) is 13.3 Å². The average molecular weight is 306 g/mol. The second-order valence-electron chi connectivity index (χ2n) is 4.16. The van der Waals surface area contributed by atoms with E-state index in [0.29, 0.717) is 24.5 Å².